The van der Waals surface area contributed by atoms with E-state index in [1.54, 1.807) is 6.07 Å². The summed E-state index contributed by atoms with van der Waals surface area (Å²) in [7, 11) is 0. The zero-order valence-corrected chi connectivity index (χ0v) is 23.3. The number of halogens is 3. The molecule has 1 saturated heterocycles. The van der Waals surface area contributed by atoms with Crippen molar-refractivity contribution < 1.29 is 28.2 Å². The van der Waals surface area contributed by atoms with Gasteiger partial charge in [0.05, 0.1) is 24.2 Å². The summed E-state index contributed by atoms with van der Waals surface area (Å²) in [5.41, 5.74) is 2.81. The lowest BCUT2D eigenvalue weighted by atomic mass is 10.1. The van der Waals surface area contributed by atoms with Crippen LogP contribution in [0.5, 0.6) is 5.75 Å². The fraction of sp³-hybridized carbons (Fsp3) is 0.290. The number of imidazole rings is 1. The molecule has 3 heterocycles. The number of aromatic carboxylic acids is 1. The van der Waals surface area contributed by atoms with E-state index in [9.17, 15) is 18.7 Å². The van der Waals surface area contributed by atoms with Gasteiger partial charge in [0.25, 0.3) is 0 Å². The van der Waals surface area contributed by atoms with Crippen molar-refractivity contribution in [3.63, 3.8) is 0 Å². The Bertz CT molecular complexity index is 1600. The number of allylic oxidation sites excluding steroid dienone is 1. The molecular weight excluding hydrogens is 552 g/mol. The van der Waals surface area contributed by atoms with Crippen LogP contribution in [0.1, 0.15) is 40.2 Å². The van der Waals surface area contributed by atoms with E-state index in [-0.39, 0.29) is 16.8 Å². The highest BCUT2D eigenvalue weighted by Crippen LogP contribution is 2.26. The maximum Gasteiger partial charge on any atom is 0.335 e. The molecule has 3 aromatic carbocycles. The van der Waals surface area contributed by atoms with Crippen LogP contribution in [-0.4, -0.2) is 45.2 Å². The molecule has 41 heavy (non-hydrogen) atoms. The van der Waals surface area contributed by atoms with E-state index in [0.29, 0.717) is 36.8 Å². The lowest BCUT2D eigenvalue weighted by Crippen LogP contribution is -2.22. The lowest BCUT2D eigenvalue weighted by Gasteiger charge is -2.20. The number of fused-ring (bicyclic) bond motifs is 1. The monoisotopic (exact) mass is 581 g/mol. The summed E-state index contributed by atoms with van der Waals surface area (Å²) in [5.74, 6) is -0.428. The normalized spacial score (nSPS) is 14.6. The van der Waals surface area contributed by atoms with E-state index in [2.05, 4.69) is 9.88 Å². The second-order valence-corrected chi connectivity index (χ2v) is 10.5. The van der Waals surface area contributed by atoms with Crippen molar-refractivity contribution in [2.45, 2.75) is 39.5 Å². The average molecular weight is 582 g/mol. The van der Waals surface area contributed by atoms with Gasteiger partial charge in [0, 0.05) is 5.02 Å². The van der Waals surface area contributed by atoms with Crippen molar-refractivity contribution in [2.75, 3.05) is 19.7 Å². The second-order valence-electron chi connectivity index (χ2n) is 10.1. The van der Waals surface area contributed by atoms with Gasteiger partial charge in [0.15, 0.2) is 17.4 Å². The van der Waals surface area contributed by atoms with Crippen LogP contribution < -0.4 is 4.74 Å². The number of hydrogen-bond donors (Lipinski definition) is 1. The molecule has 7 nitrogen and oxygen atoms in total. The Balaban J connectivity index is 0.000000175. The Hall–Kier alpha value is -3.95. The molecule has 0 saturated carbocycles. The molecule has 0 unspecified atom stereocenters. The van der Waals surface area contributed by atoms with Gasteiger partial charge in [0.2, 0.25) is 0 Å². The number of rotatable bonds is 8. The number of likely N-dealkylation sites (tertiary alicyclic amines) is 1. The van der Waals surface area contributed by atoms with Crippen LogP contribution in [0.4, 0.5) is 8.78 Å². The molecule has 10 heteroatoms. The van der Waals surface area contributed by atoms with Crippen molar-refractivity contribution in [3.8, 4) is 5.75 Å². The van der Waals surface area contributed by atoms with E-state index in [0.717, 1.165) is 54.7 Å². The van der Waals surface area contributed by atoms with Gasteiger partial charge in [-0.25, -0.2) is 18.6 Å². The predicted octanol–water partition coefficient (Wildman–Crippen LogP) is 6.75. The third-order valence-electron chi connectivity index (χ3n) is 6.96. The first-order valence-corrected chi connectivity index (χ1v) is 13.7. The minimum absolute atomic E-state index is 0.0719. The Labute approximate surface area is 241 Å². The molecule has 0 bridgehead atoms. The molecule has 0 amide bonds. The van der Waals surface area contributed by atoms with Gasteiger partial charge in [-0.3, -0.25) is 4.90 Å². The molecule has 1 N–H and O–H groups in total. The van der Waals surface area contributed by atoms with Gasteiger partial charge in [-0.1, -0.05) is 41.4 Å². The van der Waals surface area contributed by atoms with Crippen LogP contribution in [0, 0.1) is 18.6 Å². The molecule has 214 valence electrons. The average Bonchev–Trinajstić information content (AvgIpc) is 3.54. The van der Waals surface area contributed by atoms with Gasteiger partial charge < -0.3 is 19.1 Å². The van der Waals surface area contributed by atoms with Gasteiger partial charge in [-0.05, 0) is 74.8 Å². The standard InChI is InChI=1S/C17H18FN3O3.C14H12ClFO/c18-13-7-11(17(22)23)8-14-16(13)19-15(10-20-4-1-2-5-20)21(14)9-12-3-6-24-12;1-10-3-2-4-11(7-10)9-17-14-6-5-12(15)8-13(14)16/h3,7-8H,1-2,4-6,9-10H2,(H,22,23);2-8H,9H2,1H3. The molecular formula is C31H30ClF2N3O4. The summed E-state index contributed by atoms with van der Waals surface area (Å²) in [6.45, 7) is 6.02. The van der Waals surface area contributed by atoms with Crippen LogP contribution in [0.15, 0.2) is 66.4 Å². The topological polar surface area (TPSA) is 76.8 Å². The lowest BCUT2D eigenvalue weighted by molar-refractivity contribution is 0.0696. The third-order valence-corrected chi connectivity index (χ3v) is 7.20. The number of hydrogen-bond acceptors (Lipinski definition) is 5. The van der Waals surface area contributed by atoms with Crippen molar-refractivity contribution in [2.24, 2.45) is 0 Å². The number of carboxylic acids is 1. The predicted molar refractivity (Wildman–Crippen MR) is 152 cm³/mol. The molecule has 2 aliphatic heterocycles. The first kappa shape index (κ1) is 28.6. The van der Waals surface area contributed by atoms with Gasteiger partial charge >= 0.3 is 5.97 Å². The van der Waals surface area contributed by atoms with Crippen LogP contribution in [0.25, 0.3) is 11.0 Å². The maximum absolute atomic E-state index is 14.3. The molecule has 4 aromatic rings. The fourth-order valence-electron chi connectivity index (χ4n) is 4.81. The van der Waals surface area contributed by atoms with Crippen molar-refractivity contribution in [1.29, 1.82) is 0 Å². The molecule has 1 fully saturated rings. The van der Waals surface area contributed by atoms with Gasteiger partial charge in [-0.2, -0.15) is 0 Å². The number of aryl methyl sites for hydroxylation is 1. The van der Waals surface area contributed by atoms with Crippen molar-refractivity contribution in [3.05, 3.63) is 106 Å². The molecule has 1 aromatic heterocycles. The molecule has 0 spiro atoms. The summed E-state index contributed by atoms with van der Waals surface area (Å²) in [5, 5.41) is 9.56. The first-order chi connectivity index (χ1) is 19.8. The summed E-state index contributed by atoms with van der Waals surface area (Å²) in [6, 6.07) is 14.8. The second kappa shape index (κ2) is 12.7. The SMILES string of the molecule is Cc1cccc(COc2ccc(Cl)cc2F)c1.O=C(O)c1cc(F)c2nc(CN3CCCC3)n(CC3=CCO3)c2c1. The fourth-order valence-corrected chi connectivity index (χ4v) is 4.97. The quantitative estimate of drug-likeness (QED) is 0.248. The third kappa shape index (κ3) is 7.04. The number of ether oxygens (including phenoxy) is 2. The minimum atomic E-state index is -1.15. The number of aromatic nitrogens is 2. The molecule has 2 aliphatic rings. The number of benzene rings is 3. The highest BCUT2D eigenvalue weighted by molar-refractivity contribution is 6.30. The van der Waals surface area contributed by atoms with Crippen molar-refractivity contribution in [1.82, 2.24) is 14.5 Å². The largest absolute Gasteiger partial charge is 0.492 e. The van der Waals surface area contributed by atoms with E-state index >= 15 is 0 Å². The van der Waals surface area contributed by atoms with Crippen LogP contribution in [0.2, 0.25) is 5.02 Å². The Morgan fingerprint density at radius 2 is 1.85 bits per heavy atom. The highest BCUT2D eigenvalue weighted by Gasteiger charge is 2.22. The highest BCUT2D eigenvalue weighted by atomic mass is 35.5. The van der Waals surface area contributed by atoms with Gasteiger partial charge in [-0.15, -0.1) is 0 Å². The van der Waals surface area contributed by atoms with Crippen LogP contribution >= 0.6 is 11.6 Å². The van der Waals surface area contributed by atoms with E-state index in [4.69, 9.17) is 21.1 Å². The van der Waals surface area contributed by atoms with E-state index in [1.165, 1.54) is 18.2 Å². The van der Waals surface area contributed by atoms with Crippen molar-refractivity contribution >= 4 is 28.6 Å². The summed E-state index contributed by atoms with van der Waals surface area (Å²) >= 11 is 5.66. The van der Waals surface area contributed by atoms with E-state index < -0.39 is 17.6 Å². The summed E-state index contributed by atoms with van der Waals surface area (Å²) in [4.78, 5) is 18.0. The number of nitrogens with zero attached hydrogens (tertiary/aromatic N) is 3. The number of carboxylic acid groups (broad SMARTS) is 1. The molecule has 0 atom stereocenters. The first-order valence-electron chi connectivity index (χ1n) is 13.4. The van der Waals surface area contributed by atoms with Gasteiger partial charge in [0.1, 0.15) is 30.3 Å². The Morgan fingerprint density at radius 3 is 2.51 bits per heavy atom. The molecule has 6 rings (SSSR count). The molecule has 0 radical (unpaired) electrons. The zero-order chi connectivity index (χ0) is 28.9. The zero-order valence-electron chi connectivity index (χ0n) is 22.6. The van der Waals surface area contributed by atoms with Crippen LogP contribution in [0.3, 0.4) is 0 Å². The van der Waals surface area contributed by atoms with E-state index in [1.807, 2.05) is 41.8 Å². The Kier molecular flexibility index (Phi) is 8.85. The maximum atomic E-state index is 14.3. The summed E-state index contributed by atoms with van der Waals surface area (Å²) in [6.07, 6.45) is 4.28. The number of carbonyl (C=O) groups is 1. The molecule has 0 aliphatic carbocycles. The summed E-state index contributed by atoms with van der Waals surface area (Å²) < 4.78 is 40.4. The smallest absolute Gasteiger partial charge is 0.335 e. The Morgan fingerprint density at radius 1 is 1.07 bits per heavy atom. The van der Waals surface area contributed by atoms with Crippen LogP contribution in [-0.2, 0) is 24.4 Å². The minimum Gasteiger partial charge on any atom is -0.492 e.